The maximum atomic E-state index is 12.2. The van der Waals surface area contributed by atoms with Gasteiger partial charge in [-0.25, -0.2) is 0 Å². The predicted molar refractivity (Wildman–Crippen MR) is 71.0 cm³/mol. The van der Waals surface area contributed by atoms with E-state index in [1.807, 2.05) is 4.90 Å². The zero-order valence-corrected chi connectivity index (χ0v) is 11.2. The van der Waals surface area contributed by atoms with Gasteiger partial charge in [0.1, 0.15) is 0 Å². The average molecular weight is 254 g/mol. The predicted octanol–water partition coefficient (Wildman–Crippen LogP) is 1.27. The second kappa shape index (κ2) is 6.02. The summed E-state index contributed by atoms with van der Waals surface area (Å²) in [6.07, 6.45) is 7.94. The summed E-state index contributed by atoms with van der Waals surface area (Å²) in [5.41, 5.74) is 6.09. The molecule has 3 N–H and O–H groups in total. The Labute approximate surface area is 110 Å². The molecule has 0 unspecified atom stereocenters. The molecule has 0 radical (unpaired) electrons. The third kappa shape index (κ3) is 3.45. The molecule has 1 saturated heterocycles. The van der Waals surface area contributed by atoms with Gasteiger partial charge in [-0.2, -0.15) is 0 Å². The lowest BCUT2D eigenvalue weighted by Crippen LogP contribution is -2.48. The summed E-state index contributed by atoms with van der Waals surface area (Å²) in [5.74, 6) is 0.603. The number of hydrogen-bond donors (Lipinski definition) is 2. The smallest absolute Gasteiger partial charge is 0.224 e. The van der Waals surface area contributed by atoms with Crippen LogP contribution in [0.15, 0.2) is 0 Å². The highest BCUT2D eigenvalue weighted by molar-refractivity contribution is 5.77. The standard InChI is InChI=1S/C14H26N2O2/c15-14(6-2-1-3-7-14)10-13(18)16-8-4-12(11-17)5-9-16/h12,17H,1-11,15H2. The first kappa shape index (κ1) is 13.8. The summed E-state index contributed by atoms with van der Waals surface area (Å²) < 4.78 is 0. The SMILES string of the molecule is NC1(CC(=O)N2CCC(CO)CC2)CCCCC1. The summed E-state index contributed by atoms with van der Waals surface area (Å²) in [5, 5.41) is 9.09. The van der Waals surface area contributed by atoms with Crippen LogP contribution in [-0.2, 0) is 4.79 Å². The molecule has 0 atom stereocenters. The summed E-state index contributed by atoms with van der Waals surface area (Å²) in [4.78, 5) is 14.2. The zero-order chi connectivity index (χ0) is 13.0. The highest BCUT2D eigenvalue weighted by Crippen LogP contribution is 2.29. The van der Waals surface area contributed by atoms with Crippen LogP contribution in [0.4, 0.5) is 0 Å². The quantitative estimate of drug-likeness (QED) is 0.797. The van der Waals surface area contributed by atoms with E-state index in [-0.39, 0.29) is 18.1 Å². The lowest BCUT2D eigenvalue weighted by atomic mass is 9.80. The van der Waals surface area contributed by atoms with Crippen LogP contribution in [-0.4, -0.2) is 41.1 Å². The van der Waals surface area contributed by atoms with E-state index >= 15 is 0 Å². The Hall–Kier alpha value is -0.610. The molecule has 4 nitrogen and oxygen atoms in total. The van der Waals surface area contributed by atoms with Crippen molar-refractivity contribution in [3.8, 4) is 0 Å². The van der Waals surface area contributed by atoms with Crippen LogP contribution in [0, 0.1) is 5.92 Å². The van der Waals surface area contributed by atoms with Crippen molar-refractivity contribution in [1.29, 1.82) is 0 Å². The van der Waals surface area contributed by atoms with Crippen molar-refractivity contribution >= 4 is 5.91 Å². The van der Waals surface area contributed by atoms with E-state index in [9.17, 15) is 4.79 Å². The normalized spacial score (nSPS) is 25.1. The number of carbonyl (C=O) groups excluding carboxylic acids is 1. The molecule has 1 saturated carbocycles. The molecule has 0 spiro atoms. The molecule has 1 amide bonds. The van der Waals surface area contributed by atoms with Crippen LogP contribution in [0.25, 0.3) is 0 Å². The summed E-state index contributed by atoms with van der Waals surface area (Å²) >= 11 is 0. The molecule has 2 aliphatic rings. The third-order valence-corrected chi connectivity index (χ3v) is 4.58. The monoisotopic (exact) mass is 254 g/mol. The van der Waals surface area contributed by atoms with Gasteiger partial charge in [0.25, 0.3) is 0 Å². The molecule has 18 heavy (non-hydrogen) atoms. The van der Waals surface area contributed by atoms with Crippen LogP contribution in [0.5, 0.6) is 0 Å². The van der Waals surface area contributed by atoms with E-state index in [0.717, 1.165) is 51.6 Å². The van der Waals surface area contributed by atoms with Crippen molar-refractivity contribution in [2.45, 2.75) is 56.9 Å². The van der Waals surface area contributed by atoms with Crippen molar-refractivity contribution in [2.75, 3.05) is 19.7 Å². The number of carbonyl (C=O) groups is 1. The molecule has 0 aromatic rings. The van der Waals surface area contributed by atoms with Crippen molar-refractivity contribution in [2.24, 2.45) is 11.7 Å². The van der Waals surface area contributed by atoms with Gasteiger partial charge in [0.05, 0.1) is 0 Å². The van der Waals surface area contributed by atoms with Gasteiger partial charge >= 0.3 is 0 Å². The molecule has 0 aromatic carbocycles. The van der Waals surface area contributed by atoms with Gasteiger partial charge in [-0.3, -0.25) is 4.79 Å². The number of aliphatic hydroxyl groups is 1. The van der Waals surface area contributed by atoms with Crippen molar-refractivity contribution in [3.05, 3.63) is 0 Å². The minimum atomic E-state index is -0.247. The van der Waals surface area contributed by atoms with Gasteiger partial charge in [-0.1, -0.05) is 19.3 Å². The minimum absolute atomic E-state index is 0.218. The van der Waals surface area contributed by atoms with Crippen LogP contribution in [0.3, 0.4) is 0 Å². The Morgan fingerprint density at radius 2 is 1.83 bits per heavy atom. The molecule has 104 valence electrons. The molecular formula is C14H26N2O2. The Morgan fingerprint density at radius 1 is 1.22 bits per heavy atom. The number of amides is 1. The van der Waals surface area contributed by atoms with Crippen LogP contribution in [0.1, 0.15) is 51.4 Å². The van der Waals surface area contributed by atoms with Crippen molar-refractivity contribution in [3.63, 3.8) is 0 Å². The Morgan fingerprint density at radius 3 is 2.39 bits per heavy atom. The Balaban J connectivity index is 1.81. The fraction of sp³-hybridized carbons (Fsp3) is 0.929. The van der Waals surface area contributed by atoms with Crippen molar-refractivity contribution in [1.82, 2.24) is 4.90 Å². The molecule has 4 heteroatoms. The van der Waals surface area contributed by atoms with Gasteiger partial charge in [-0.05, 0) is 31.6 Å². The molecule has 2 fully saturated rings. The first-order chi connectivity index (χ1) is 8.63. The fourth-order valence-electron chi connectivity index (χ4n) is 3.21. The number of nitrogens with two attached hydrogens (primary N) is 1. The zero-order valence-electron chi connectivity index (χ0n) is 11.2. The largest absolute Gasteiger partial charge is 0.396 e. The fourth-order valence-corrected chi connectivity index (χ4v) is 3.21. The highest BCUT2D eigenvalue weighted by Gasteiger charge is 2.32. The van der Waals surface area contributed by atoms with Gasteiger partial charge in [0.15, 0.2) is 0 Å². The first-order valence-corrected chi connectivity index (χ1v) is 7.30. The number of likely N-dealkylation sites (tertiary alicyclic amines) is 1. The highest BCUT2D eigenvalue weighted by atomic mass is 16.3. The number of hydrogen-bond acceptors (Lipinski definition) is 3. The van der Waals surface area contributed by atoms with Gasteiger partial charge in [0, 0.05) is 31.7 Å². The lowest BCUT2D eigenvalue weighted by molar-refractivity contribution is -0.134. The molecule has 0 aromatic heterocycles. The van der Waals surface area contributed by atoms with Crippen LogP contribution >= 0.6 is 0 Å². The van der Waals surface area contributed by atoms with E-state index in [2.05, 4.69) is 0 Å². The second-order valence-electron chi connectivity index (χ2n) is 6.11. The number of aliphatic hydroxyl groups excluding tert-OH is 1. The topological polar surface area (TPSA) is 66.6 Å². The third-order valence-electron chi connectivity index (χ3n) is 4.58. The van der Waals surface area contributed by atoms with E-state index in [0.29, 0.717) is 12.3 Å². The van der Waals surface area contributed by atoms with E-state index in [4.69, 9.17) is 10.8 Å². The maximum Gasteiger partial charge on any atom is 0.224 e. The molecular weight excluding hydrogens is 228 g/mol. The van der Waals surface area contributed by atoms with E-state index in [1.165, 1.54) is 6.42 Å². The van der Waals surface area contributed by atoms with Gasteiger partial charge in [-0.15, -0.1) is 0 Å². The second-order valence-corrected chi connectivity index (χ2v) is 6.11. The van der Waals surface area contributed by atoms with Crippen LogP contribution in [0.2, 0.25) is 0 Å². The maximum absolute atomic E-state index is 12.2. The average Bonchev–Trinajstić information content (AvgIpc) is 2.39. The van der Waals surface area contributed by atoms with Crippen LogP contribution < -0.4 is 5.73 Å². The van der Waals surface area contributed by atoms with E-state index < -0.39 is 0 Å². The number of nitrogens with zero attached hydrogens (tertiary/aromatic N) is 1. The molecule has 1 aliphatic heterocycles. The lowest BCUT2D eigenvalue weighted by Gasteiger charge is -2.37. The molecule has 0 bridgehead atoms. The first-order valence-electron chi connectivity index (χ1n) is 7.30. The minimum Gasteiger partial charge on any atom is -0.396 e. The summed E-state index contributed by atoms with van der Waals surface area (Å²) in [6, 6.07) is 0. The molecule has 1 heterocycles. The van der Waals surface area contributed by atoms with Gasteiger partial charge in [0.2, 0.25) is 5.91 Å². The Bertz CT molecular complexity index is 280. The van der Waals surface area contributed by atoms with E-state index in [1.54, 1.807) is 0 Å². The molecule has 2 rings (SSSR count). The summed E-state index contributed by atoms with van der Waals surface area (Å²) in [7, 11) is 0. The number of rotatable bonds is 3. The van der Waals surface area contributed by atoms with Gasteiger partial charge < -0.3 is 15.7 Å². The molecule has 1 aliphatic carbocycles. The Kier molecular flexibility index (Phi) is 4.62. The summed E-state index contributed by atoms with van der Waals surface area (Å²) in [6.45, 7) is 1.84. The van der Waals surface area contributed by atoms with Crippen molar-refractivity contribution < 1.29 is 9.90 Å². The number of piperidine rings is 1.